The highest BCUT2D eigenvalue weighted by Crippen LogP contribution is 2.09. The van der Waals surface area contributed by atoms with E-state index in [2.05, 4.69) is 18.9 Å². The summed E-state index contributed by atoms with van der Waals surface area (Å²) >= 11 is 0. The molecule has 3 nitrogen and oxygen atoms in total. The lowest BCUT2D eigenvalue weighted by atomic mass is 10.1. The van der Waals surface area contributed by atoms with Crippen LogP contribution in [0.25, 0.3) is 0 Å². The average molecular weight is 144 g/mol. The topological polar surface area (TPSA) is 26.7 Å². The second-order valence-electron chi connectivity index (χ2n) is 3.26. The molecular formula is C7H16N2O. The second-order valence-corrected chi connectivity index (χ2v) is 3.26. The Balaban J connectivity index is 2.46. The number of rotatable bonds is 0. The average Bonchev–Trinajstić information content (AvgIpc) is 1.84. The van der Waals surface area contributed by atoms with Crippen LogP contribution in [0.4, 0.5) is 0 Å². The summed E-state index contributed by atoms with van der Waals surface area (Å²) in [5.41, 5.74) is 0. The van der Waals surface area contributed by atoms with Gasteiger partial charge < -0.3 is 10.1 Å². The molecule has 0 amide bonds. The lowest BCUT2D eigenvalue weighted by Gasteiger charge is -2.38. The van der Waals surface area contributed by atoms with Crippen molar-refractivity contribution in [1.29, 1.82) is 0 Å². The molecular weight excluding hydrogens is 128 g/mol. The van der Waals surface area contributed by atoms with E-state index in [0.29, 0.717) is 6.04 Å². The van der Waals surface area contributed by atoms with Crippen LogP contribution >= 0.6 is 0 Å². The van der Waals surface area contributed by atoms with E-state index >= 15 is 0 Å². The van der Waals surface area contributed by atoms with Gasteiger partial charge in [-0.15, -0.1) is 0 Å². The first-order valence-corrected chi connectivity index (χ1v) is 3.77. The lowest BCUT2D eigenvalue weighted by molar-refractivity contribution is -0.159. The van der Waals surface area contributed by atoms with Gasteiger partial charge in [0.2, 0.25) is 0 Å². The van der Waals surface area contributed by atoms with Crippen LogP contribution in [0.3, 0.4) is 0 Å². The van der Waals surface area contributed by atoms with E-state index in [1.54, 1.807) is 0 Å². The molecule has 1 aliphatic rings. The second kappa shape index (κ2) is 2.86. The Kier molecular flexibility index (Phi) is 2.28. The van der Waals surface area contributed by atoms with Gasteiger partial charge in [0.05, 0.1) is 0 Å². The number of hydroxylamine groups is 2. The summed E-state index contributed by atoms with van der Waals surface area (Å²) in [6.07, 6.45) is 0. The van der Waals surface area contributed by atoms with Crippen molar-refractivity contribution >= 4 is 0 Å². The molecule has 0 radical (unpaired) electrons. The van der Waals surface area contributed by atoms with E-state index in [9.17, 15) is 5.21 Å². The number of nitrogens with zero attached hydrogens (tertiary/aromatic N) is 2. The van der Waals surface area contributed by atoms with E-state index in [0.717, 1.165) is 13.1 Å². The molecule has 1 unspecified atom stereocenters. The minimum Gasteiger partial charge on any atom is -0.314 e. The minimum absolute atomic E-state index is 0.279. The molecule has 1 fully saturated rings. The van der Waals surface area contributed by atoms with E-state index < -0.39 is 0 Å². The molecule has 10 heavy (non-hydrogen) atoms. The quantitative estimate of drug-likeness (QED) is 0.533. The Labute approximate surface area is 62.2 Å². The third kappa shape index (κ3) is 1.48. The normalized spacial score (nSPS) is 38.4. The largest absolute Gasteiger partial charge is 0.314 e. The monoisotopic (exact) mass is 144 g/mol. The lowest BCUT2D eigenvalue weighted by Crippen LogP contribution is -2.53. The van der Waals surface area contributed by atoms with Gasteiger partial charge in [-0.2, -0.15) is 5.06 Å². The smallest absolute Gasteiger partial charge is 0.0449 e. The fourth-order valence-electron chi connectivity index (χ4n) is 1.28. The van der Waals surface area contributed by atoms with Crippen LogP contribution in [0.15, 0.2) is 0 Å². The summed E-state index contributed by atoms with van der Waals surface area (Å²) in [5.74, 6) is 0. The van der Waals surface area contributed by atoms with Crippen molar-refractivity contribution in [2.24, 2.45) is 0 Å². The SMILES string of the molecule is CC1CN(C)[C@@H](C)CN1O. The van der Waals surface area contributed by atoms with E-state index in [1.807, 2.05) is 6.92 Å². The summed E-state index contributed by atoms with van der Waals surface area (Å²) in [7, 11) is 2.09. The van der Waals surface area contributed by atoms with Gasteiger partial charge in [-0.25, -0.2) is 0 Å². The van der Waals surface area contributed by atoms with Gasteiger partial charge >= 0.3 is 0 Å². The molecule has 0 saturated carbocycles. The van der Waals surface area contributed by atoms with Crippen LogP contribution in [-0.2, 0) is 0 Å². The van der Waals surface area contributed by atoms with Gasteiger partial charge in [-0.1, -0.05) is 0 Å². The van der Waals surface area contributed by atoms with Crippen LogP contribution < -0.4 is 0 Å². The van der Waals surface area contributed by atoms with Crippen molar-refractivity contribution in [2.45, 2.75) is 25.9 Å². The zero-order valence-corrected chi connectivity index (χ0v) is 6.91. The summed E-state index contributed by atoms with van der Waals surface area (Å²) < 4.78 is 0. The van der Waals surface area contributed by atoms with Crippen molar-refractivity contribution in [1.82, 2.24) is 9.96 Å². The number of hydrogen-bond acceptors (Lipinski definition) is 3. The van der Waals surface area contributed by atoms with Crippen molar-refractivity contribution in [3.8, 4) is 0 Å². The Morgan fingerprint density at radius 2 is 1.80 bits per heavy atom. The van der Waals surface area contributed by atoms with Crippen LogP contribution in [0.2, 0.25) is 0 Å². The van der Waals surface area contributed by atoms with Crippen molar-refractivity contribution in [2.75, 3.05) is 20.1 Å². The van der Waals surface area contributed by atoms with Crippen molar-refractivity contribution in [3.63, 3.8) is 0 Å². The minimum atomic E-state index is 0.279. The van der Waals surface area contributed by atoms with Gasteiger partial charge in [0.15, 0.2) is 0 Å². The van der Waals surface area contributed by atoms with Gasteiger partial charge in [0, 0.05) is 25.2 Å². The van der Waals surface area contributed by atoms with Crippen molar-refractivity contribution < 1.29 is 5.21 Å². The molecule has 0 aromatic rings. The van der Waals surface area contributed by atoms with Gasteiger partial charge in [0.1, 0.15) is 0 Å². The first-order valence-electron chi connectivity index (χ1n) is 3.77. The van der Waals surface area contributed by atoms with Gasteiger partial charge in [-0.3, -0.25) is 0 Å². The predicted molar refractivity (Wildman–Crippen MR) is 40.0 cm³/mol. The fraction of sp³-hybridized carbons (Fsp3) is 1.00. The standard InChI is InChI=1S/C7H16N2O/c1-6-5-9(10)7(2)4-8(6)3/h6-7,10H,4-5H2,1-3H3/t6-,7?/m0/s1. The molecule has 3 heteroatoms. The summed E-state index contributed by atoms with van der Waals surface area (Å²) in [5, 5.41) is 10.7. The van der Waals surface area contributed by atoms with Crippen LogP contribution in [0.5, 0.6) is 0 Å². The maximum atomic E-state index is 9.27. The summed E-state index contributed by atoms with van der Waals surface area (Å²) in [6.45, 7) is 5.87. The zero-order valence-electron chi connectivity index (χ0n) is 6.91. The fourth-order valence-corrected chi connectivity index (χ4v) is 1.28. The molecule has 1 rings (SSSR count). The number of likely N-dealkylation sites (N-methyl/N-ethyl adjacent to an activating group) is 1. The molecule has 0 spiro atoms. The van der Waals surface area contributed by atoms with Crippen molar-refractivity contribution in [3.05, 3.63) is 0 Å². The predicted octanol–water partition coefficient (Wildman–Crippen LogP) is 0.400. The molecule has 60 valence electrons. The van der Waals surface area contributed by atoms with Crippen LogP contribution in [0, 0.1) is 0 Å². The molecule has 0 aliphatic carbocycles. The number of piperazine rings is 1. The molecule has 1 aliphatic heterocycles. The van der Waals surface area contributed by atoms with E-state index in [-0.39, 0.29) is 6.04 Å². The summed E-state index contributed by atoms with van der Waals surface area (Å²) in [4.78, 5) is 2.26. The third-order valence-corrected chi connectivity index (χ3v) is 2.26. The number of hydrogen-bond donors (Lipinski definition) is 1. The van der Waals surface area contributed by atoms with E-state index in [4.69, 9.17) is 0 Å². The first-order chi connectivity index (χ1) is 4.61. The molecule has 0 aromatic carbocycles. The highest BCUT2D eigenvalue weighted by atomic mass is 16.5. The molecule has 2 atom stereocenters. The van der Waals surface area contributed by atoms with Crippen LogP contribution in [0.1, 0.15) is 13.8 Å². The van der Waals surface area contributed by atoms with Crippen LogP contribution in [-0.4, -0.2) is 47.4 Å². The van der Waals surface area contributed by atoms with Gasteiger partial charge in [-0.05, 0) is 20.9 Å². The van der Waals surface area contributed by atoms with E-state index in [1.165, 1.54) is 5.06 Å². The maximum Gasteiger partial charge on any atom is 0.0449 e. The Hall–Kier alpha value is -0.120. The highest BCUT2D eigenvalue weighted by molar-refractivity contribution is 4.77. The first kappa shape index (κ1) is 7.98. The third-order valence-electron chi connectivity index (χ3n) is 2.26. The Morgan fingerprint density at radius 3 is 2.30 bits per heavy atom. The molecule has 1 saturated heterocycles. The molecule has 1 N–H and O–H groups in total. The maximum absolute atomic E-state index is 9.27. The van der Waals surface area contributed by atoms with Gasteiger partial charge in [0.25, 0.3) is 0 Å². The Bertz CT molecular complexity index is 92.2. The molecule has 0 aromatic heterocycles. The highest BCUT2D eigenvalue weighted by Gasteiger charge is 2.24. The summed E-state index contributed by atoms with van der Waals surface area (Å²) in [6, 6.07) is 0.752. The zero-order chi connectivity index (χ0) is 7.72. The molecule has 0 bridgehead atoms. The molecule has 1 heterocycles. The Morgan fingerprint density at radius 1 is 1.20 bits per heavy atom.